The predicted octanol–water partition coefficient (Wildman–Crippen LogP) is 3.10. The van der Waals surface area contributed by atoms with Gasteiger partial charge in [0.15, 0.2) is 11.6 Å². The fourth-order valence-electron chi connectivity index (χ4n) is 2.00. The van der Waals surface area contributed by atoms with E-state index in [2.05, 4.69) is 15.3 Å². The minimum atomic E-state index is -0.380. The number of rotatable bonds is 3. The average molecular weight is 284 g/mol. The summed E-state index contributed by atoms with van der Waals surface area (Å²) in [5.41, 5.74) is 7.90. The van der Waals surface area contributed by atoms with Crippen LogP contribution in [-0.2, 0) is 0 Å². The topological polar surface area (TPSA) is 73.1 Å². The van der Waals surface area contributed by atoms with Gasteiger partial charge in [0, 0.05) is 6.07 Å². The number of fused-ring (bicyclic) bond motifs is 1. The highest BCUT2D eigenvalue weighted by atomic mass is 19.1. The molecule has 0 amide bonds. The van der Waals surface area contributed by atoms with E-state index in [1.165, 1.54) is 19.2 Å². The summed E-state index contributed by atoms with van der Waals surface area (Å²) in [6, 6.07) is 11.6. The van der Waals surface area contributed by atoms with Gasteiger partial charge in [-0.25, -0.2) is 14.4 Å². The molecule has 1 aromatic heterocycles. The molecule has 0 spiro atoms. The summed E-state index contributed by atoms with van der Waals surface area (Å²) >= 11 is 0. The van der Waals surface area contributed by atoms with E-state index in [1.54, 1.807) is 6.07 Å². The van der Waals surface area contributed by atoms with Crippen molar-refractivity contribution in [3.05, 3.63) is 48.3 Å². The molecule has 1 heterocycles. The Morgan fingerprint density at radius 1 is 1.10 bits per heavy atom. The Hall–Kier alpha value is -2.89. The first-order valence-corrected chi connectivity index (χ1v) is 6.30. The van der Waals surface area contributed by atoms with Gasteiger partial charge in [-0.2, -0.15) is 0 Å². The van der Waals surface area contributed by atoms with Crippen LogP contribution in [0.3, 0.4) is 0 Å². The number of nitrogen functional groups attached to an aromatic ring is 1. The zero-order valence-electron chi connectivity index (χ0n) is 11.3. The van der Waals surface area contributed by atoms with Crippen molar-refractivity contribution in [1.29, 1.82) is 0 Å². The van der Waals surface area contributed by atoms with Crippen molar-refractivity contribution < 1.29 is 9.13 Å². The molecule has 5 nitrogen and oxygen atoms in total. The molecule has 21 heavy (non-hydrogen) atoms. The third-order valence-electron chi connectivity index (χ3n) is 3.01. The zero-order chi connectivity index (χ0) is 14.8. The molecule has 2 aromatic carbocycles. The van der Waals surface area contributed by atoms with Crippen LogP contribution in [0.1, 0.15) is 0 Å². The lowest BCUT2D eigenvalue weighted by Crippen LogP contribution is -2.03. The second kappa shape index (κ2) is 5.24. The molecule has 0 unspecified atom stereocenters. The number of nitrogens with two attached hydrogens (primary N) is 1. The molecule has 0 fully saturated rings. The van der Waals surface area contributed by atoms with Crippen molar-refractivity contribution in [1.82, 2.24) is 9.97 Å². The third kappa shape index (κ3) is 2.55. The Kier molecular flexibility index (Phi) is 3.27. The van der Waals surface area contributed by atoms with Gasteiger partial charge in [-0.05, 0) is 24.3 Å². The van der Waals surface area contributed by atoms with E-state index in [9.17, 15) is 4.39 Å². The number of halogens is 1. The lowest BCUT2D eigenvalue weighted by molar-refractivity contribution is 0.413. The van der Waals surface area contributed by atoms with E-state index in [1.807, 2.05) is 24.3 Å². The van der Waals surface area contributed by atoms with Crippen molar-refractivity contribution in [2.24, 2.45) is 0 Å². The molecule has 0 saturated heterocycles. The van der Waals surface area contributed by atoms with E-state index in [0.717, 1.165) is 5.52 Å². The smallest absolute Gasteiger partial charge is 0.174 e. The number of para-hydroxylation sites is 2. The monoisotopic (exact) mass is 284 g/mol. The van der Waals surface area contributed by atoms with Crippen LogP contribution in [-0.4, -0.2) is 17.1 Å². The van der Waals surface area contributed by atoms with Gasteiger partial charge in [0.1, 0.15) is 11.6 Å². The summed E-state index contributed by atoms with van der Waals surface area (Å²) in [6.07, 6.45) is 0. The number of hydrogen-bond acceptors (Lipinski definition) is 5. The summed E-state index contributed by atoms with van der Waals surface area (Å²) in [5.74, 6) is 0.651. The van der Waals surface area contributed by atoms with Crippen molar-refractivity contribution >= 4 is 28.4 Å². The zero-order valence-corrected chi connectivity index (χ0v) is 11.3. The molecular formula is C15H13FN4O. The predicted molar refractivity (Wildman–Crippen MR) is 80.2 cm³/mol. The van der Waals surface area contributed by atoms with Gasteiger partial charge < -0.3 is 15.8 Å². The van der Waals surface area contributed by atoms with Gasteiger partial charge in [0.25, 0.3) is 0 Å². The summed E-state index contributed by atoms with van der Waals surface area (Å²) in [5, 5.41) is 3.02. The molecule has 0 radical (unpaired) electrons. The second-order valence-electron chi connectivity index (χ2n) is 4.42. The Balaban J connectivity index is 2.03. The van der Waals surface area contributed by atoms with E-state index < -0.39 is 0 Å². The summed E-state index contributed by atoms with van der Waals surface area (Å²) in [7, 11) is 1.47. The number of nitrogens with zero attached hydrogens (tertiary/aromatic N) is 2. The van der Waals surface area contributed by atoms with Crippen LogP contribution in [0, 0.1) is 5.82 Å². The molecule has 0 aliphatic rings. The lowest BCUT2D eigenvalue weighted by Gasteiger charge is -2.12. The van der Waals surface area contributed by atoms with Crippen LogP contribution in [0.2, 0.25) is 0 Å². The minimum Gasteiger partial charge on any atom is -0.494 e. The number of methoxy groups -OCH3 is 1. The first-order valence-electron chi connectivity index (χ1n) is 6.30. The van der Waals surface area contributed by atoms with Crippen molar-refractivity contribution in [2.45, 2.75) is 0 Å². The Bertz CT molecular complexity index is 807. The largest absolute Gasteiger partial charge is 0.494 e. The van der Waals surface area contributed by atoms with Crippen molar-refractivity contribution in [3.63, 3.8) is 0 Å². The summed E-state index contributed by atoms with van der Waals surface area (Å²) in [4.78, 5) is 8.70. The summed E-state index contributed by atoms with van der Waals surface area (Å²) < 4.78 is 18.3. The average Bonchev–Trinajstić information content (AvgIpc) is 2.49. The molecule has 3 aromatic rings. The van der Waals surface area contributed by atoms with Crippen LogP contribution in [0.25, 0.3) is 11.0 Å². The number of nitrogens with one attached hydrogen (secondary N) is 1. The van der Waals surface area contributed by atoms with Gasteiger partial charge in [-0.15, -0.1) is 0 Å². The normalized spacial score (nSPS) is 10.6. The van der Waals surface area contributed by atoms with E-state index in [4.69, 9.17) is 10.5 Å². The fourth-order valence-corrected chi connectivity index (χ4v) is 2.00. The molecular weight excluding hydrogens is 271 g/mol. The maximum Gasteiger partial charge on any atom is 0.174 e. The quantitative estimate of drug-likeness (QED) is 0.773. The Morgan fingerprint density at radius 3 is 2.52 bits per heavy atom. The molecule has 0 atom stereocenters. The minimum absolute atomic E-state index is 0.264. The van der Waals surface area contributed by atoms with Crippen molar-refractivity contribution in [2.75, 3.05) is 18.2 Å². The molecule has 0 saturated carbocycles. The fraction of sp³-hybridized carbons (Fsp3) is 0.0667. The van der Waals surface area contributed by atoms with Crippen molar-refractivity contribution in [3.8, 4) is 5.75 Å². The molecule has 6 heteroatoms. The Morgan fingerprint density at radius 2 is 1.81 bits per heavy atom. The van der Waals surface area contributed by atoms with E-state index >= 15 is 0 Å². The van der Waals surface area contributed by atoms with Crippen LogP contribution in [0.4, 0.5) is 21.7 Å². The maximum atomic E-state index is 13.2. The van der Waals surface area contributed by atoms with E-state index in [0.29, 0.717) is 22.8 Å². The van der Waals surface area contributed by atoms with Crippen LogP contribution in [0.15, 0.2) is 42.5 Å². The van der Waals surface area contributed by atoms with Gasteiger partial charge >= 0.3 is 0 Å². The molecule has 3 N–H and O–H groups in total. The first kappa shape index (κ1) is 13.1. The molecule has 0 aliphatic carbocycles. The Labute approximate surface area is 120 Å². The number of benzene rings is 2. The number of hydrogen-bond donors (Lipinski definition) is 2. The van der Waals surface area contributed by atoms with Gasteiger partial charge in [-0.3, -0.25) is 0 Å². The highest BCUT2D eigenvalue weighted by molar-refractivity contribution is 5.81. The van der Waals surface area contributed by atoms with Gasteiger partial charge in [0.05, 0.1) is 23.8 Å². The standard InChI is InChI=1S/C15H13FN4O/c1-21-13-8-9(16)6-7-12(13)20-15-14(17)18-10-4-2-3-5-11(10)19-15/h2-8H,1H3,(H2,17,18)(H,19,20). The lowest BCUT2D eigenvalue weighted by atomic mass is 10.2. The molecule has 0 bridgehead atoms. The first-order chi connectivity index (χ1) is 10.2. The van der Waals surface area contributed by atoms with Crippen LogP contribution < -0.4 is 15.8 Å². The number of aromatic nitrogens is 2. The number of anilines is 3. The van der Waals surface area contributed by atoms with Crippen LogP contribution >= 0.6 is 0 Å². The van der Waals surface area contributed by atoms with E-state index in [-0.39, 0.29) is 11.6 Å². The molecule has 3 rings (SSSR count). The number of ether oxygens (including phenoxy) is 1. The highest BCUT2D eigenvalue weighted by Crippen LogP contribution is 2.29. The van der Waals surface area contributed by atoms with Gasteiger partial charge in [-0.1, -0.05) is 12.1 Å². The second-order valence-corrected chi connectivity index (χ2v) is 4.42. The molecule has 0 aliphatic heterocycles. The third-order valence-corrected chi connectivity index (χ3v) is 3.01. The highest BCUT2D eigenvalue weighted by Gasteiger charge is 2.10. The SMILES string of the molecule is COc1cc(F)ccc1Nc1nc2ccccc2nc1N. The maximum absolute atomic E-state index is 13.2. The van der Waals surface area contributed by atoms with Crippen LogP contribution in [0.5, 0.6) is 5.75 Å². The molecule has 106 valence electrons. The summed E-state index contributed by atoms with van der Waals surface area (Å²) in [6.45, 7) is 0. The van der Waals surface area contributed by atoms with Gasteiger partial charge in [0.2, 0.25) is 0 Å².